The summed E-state index contributed by atoms with van der Waals surface area (Å²) in [6.07, 6.45) is 0. The number of likely N-dealkylation sites (N-methyl/N-ethyl adjacent to an activating group) is 1. The van der Waals surface area contributed by atoms with Gasteiger partial charge in [0.1, 0.15) is 4.90 Å². The van der Waals surface area contributed by atoms with E-state index in [9.17, 15) is 8.42 Å². The Morgan fingerprint density at radius 2 is 2.06 bits per heavy atom. The van der Waals surface area contributed by atoms with Crippen LogP contribution in [0.2, 0.25) is 0 Å². The van der Waals surface area contributed by atoms with Crippen LogP contribution in [0.5, 0.6) is 0 Å². The lowest BCUT2D eigenvalue weighted by Gasteiger charge is -2.12. The summed E-state index contributed by atoms with van der Waals surface area (Å²) >= 11 is 3.22. The van der Waals surface area contributed by atoms with Gasteiger partial charge < -0.3 is 10.6 Å². The molecule has 7 heteroatoms. The number of nitrogen functional groups attached to an aromatic ring is 1. The van der Waals surface area contributed by atoms with Crippen LogP contribution < -0.4 is 10.5 Å². The molecule has 0 aromatic heterocycles. The molecule has 0 aliphatic carbocycles. The first-order valence-corrected chi connectivity index (χ1v) is 7.30. The fraction of sp³-hybridized carbons (Fsp3) is 0.400. The van der Waals surface area contributed by atoms with Gasteiger partial charge in [-0.25, -0.2) is 13.1 Å². The van der Waals surface area contributed by atoms with Crippen molar-refractivity contribution in [3.63, 3.8) is 0 Å². The molecule has 0 aliphatic rings. The number of hydrogen-bond acceptors (Lipinski definition) is 4. The van der Waals surface area contributed by atoms with Crippen LogP contribution in [0, 0.1) is 0 Å². The summed E-state index contributed by atoms with van der Waals surface area (Å²) in [5.41, 5.74) is 5.90. The second-order valence-corrected chi connectivity index (χ2v) is 6.53. The molecule has 3 N–H and O–H groups in total. The van der Waals surface area contributed by atoms with Crippen LogP contribution >= 0.6 is 15.9 Å². The summed E-state index contributed by atoms with van der Waals surface area (Å²) in [6, 6.07) is 4.76. The average molecular weight is 322 g/mol. The highest BCUT2D eigenvalue weighted by Gasteiger charge is 2.17. The molecule has 0 radical (unpaired) electrons. The van der Waals surface area contributed by atoms with Gasteiger partial charge in [0, 0.05) is 17.6 Å². The van der Waals surface area contributed by atoms with E-state index in [-0.39, 0.29) is 10.6 Å². The van der Waals surface area contributed by atoms with Gasteiger partial charge in [0.05, 0.1) is 5.69 Å². The van der Waals surface area contributed by atoms with E-state index in [4.69, 9.17) is 5.73 Å². The van der Waals surface area contributed by atoms with Gasteiger partial charge in [0.2, 0.25) is 10.0 Å². The van der Waals surface area contributed by atoms with Crippen LogP contribution in [0.1, 0.15) is 0 Å². The minimum Gasteiger partial charge on any atom is -0.398 e. The van der Waals surface area contributed by atoms with E-state index in [0.29, 0.717) is 17.6 Å². The predicted octanol–water partition coefficient (Wildman–Crippen LogP) is 0.871. The van der Waals surface area contributed by atoms with Gasteiger partial charge in [-0.05, 0) is 32.3 Å². The fourth-order valence-electron chi connectivity index (χ4n) is 1.22. The highest BCUT2D eigenvalue weighted by atomic mass is 79.9. The van der Waals surface area contributed by atoms with Crippen LogP contribution in [0.25, 0.3) is 0 Å². The van der Waals surface area contributed by atoms with Gasteiger partial charge in [-0.15, -0.1) is 0 Å². The van der Waals surface area contributed by atoms with Crippen LogP contribution in [0.15, 0.2) is 27.6 Å². The minimum absolute atomic E-state index is 0.102. The van der Waals surface area contributed by atoms with Gasteiger partial charge in [-0.2, -0.15) is 0 Å². The SMILES string of the molecule is CN(C)CCNS(=O)(=O)c1cc(Br)ccc1N. The topological polar surface area (TPSA) is 75.4 Å². The van der Waals surface area contributed by atoms with Crippen molar-refractivity contribution in [3.8, 4) is 0 Å². The molecule has 0 spiro atoms. The molecule has 1 aromatic carbocycles. The van der Waals surface area contributed by atoms with Crippen molar-refractivity contribution < 1.29 is 8.42 Å². The minimum atomic E-state index is -3.54. The number of sulfonamides is 1. The summed E-state index contributed by atoms with van der Waals surface area (Å²) in [6.45, 7) is 0.981. The second kappa shape index (κ2) is 5.81. The lowest BCUT2D eigenvalue weighted by molar-refractivity contribution is 0.412. The summed E-state index contributed by atoms with van der Waals surface area (Å²) in [7, 11) is 0.213. The molecule has 5 nitrogen and oxygen atoms in total. The van der Waals surface area contributed by atoms with E-state index in [1.807, 2.05) is 19.0 Å². The van der Waals surface area contributed by atoms with Crippen molar-refractivity contribution >= 4 is 31.6 Å². The lowest BCUT2D eigenvalue weighted by atomic mass is 10.3. The molecule has 0 unspecified atom stereocenters. The zero-order chi connectivity index (χ0) is 13.1. The van der Waals surface area contributed by atoms with Gasteiger partial charge in [-0.3, -0.25) is 0 Å². The van der Waals surface area contributed by atoms with E-state index < -0.39 is 10.0 Å². The zero-order valence-electron chi connectivity index (χ0n) is 9.77. The standard InChI is InChI=1S/C10H16BrN3O2S/c1-14(2)6-5-13-17(15,16)10-7-8(11)3-4-9(10)12/h3-4,7,13H,5-6,12H2,1-2H3. The van der Waals surface area contributed by atoms with Crippen LogP contribution in [-0.2, 0) is 10.0 Å². The first-order chi connectivity index (χ1) is 7.83. The van der Waals surface area contributed by atoms with Gasteiger partial charge in [0.15, 0.2) is 0 Å². The zero-order valence-corrected chi connectivity index (χ0v) is 12.2. The Morgan fingerprint density at radius 1 is 1.41 bits per heavy atom. The number of nitrogens with two attached hydrogens (primary N) is 1. The van der Waals surface area contributed by atoms with Crippen molar-refractivity contribution in [2.75, 3.05) is 32.9 Å². The quantitative estimate of drug-likeness (QED) is 0.789. The molecule has 0 heterocycles. The molecule has 0 saturated carbocycles. The van der Waals surface area contributed by atoms with Crippen molar-refractivity contribution in [2.45, 2.75) is 4.90 Å². The van der Waals surface area contributed by atoms with Crippen molar-refractivity contribution in [1.29, 1.82) is 0 Å². The maximum absolute atomic E-state index is 12.0. The average Bonchev–Trinajstić information content (AvgIpc) is 2.20. The number of benzene rings is 1. The van der Waals surface area contributed by atoms with Gasteiger partial charge in [0.25, 0.3) is 0 Å². The number of halogens is 1. The highest BCUT2D eigenvalue weighted by molar-refractivity contribution is 9.10. The summed E-state index contributed by atoms with van der Waals surface area (Å²) in [5, 5.41) is 0. The number of nitrogens with zero attached hydrogens (tertiary/aromatic N) is 1. The molecule has 17 heavy (non-hydrogen) atoms. The summed E-state index contributed by atoms with van der Waals surface area (Å²) < 4.78 is 27.1. The van der Waals surface area contributed by atoms with Crippen LogP contribution in [0.4, 0.5) is 5.69 Å². The lowest BCUT2D eigenvalue weighted by Crippen LogP contribution is -2.31. The Morgan fingerprint density at radius 3 is 2.65 bits per heavy atom. The number of rotatable bonds is 5. The third-order valence-electron chi connectivity index (χ3n) is 2.12. The molecule has 0 aliphatic heterocycles. The fourth-order valence-corrected chi connectivity index (χ4v) is 2.91. The van der Waals surface area contributed by atoms with Crippen LogP contribution in [-0.4, -0.2) is 40.5 Å². The first kappa shape index (κ1) is 14.4. The highest BCUT2D eigenvalue weighted by Crippen LogP contribution is 2.22. The predicted molar refractivity (Wildman–Crippen MR) is 72.3 cm³/mol. The molecule has 1 rings (SSSR count). The molecule has 0 atom stereocenters. The third-order valence-corrected chi connectivity index (χ3v) is 4.13. The summed E-state index contributed by atoms with van der Waals surface area (Å²) in [5.74, 6) is 0. The summed E-state index contributed by atoms with van der Waals surface area (Å²) in [4.78, 5) is 2.00. The Kier molecular flexibility index (Phi) is 4.93. The molecular formula is C10H16BrN3O2S. The van der Waals surface area contributed by atoms with E-state index in [0.717, 1.165) is 0 Å². The third kappa shape index (κ3) is 4.27. The first-order valence-electron chi connectivity index (χ1n) is 5.02. The normalized spacial score (nSPS) is 12.0. The van der Waals surface area contributed by atoms with E-state index in [1.165, 1.54) is 6.07 Å². The molecule has 1 aromatic rings. The molecule has 0 fully saturated rings. The second-order valence-electron chi connectivity index (χ2n) is 3.88. The Labute approximate surface area is 110 Å². The molecule has 0 bridgehead atoms. The van der Waals surface area contributed by atoms with Crippen LogP contribution in [0.3, 0.4) is 0 Å². The number of hydrogen-bond donors (Lipinski definition) is 2. The maximum Gasteiger partial charge on any atom is 0.242 e. The largest absolute Gasteiger partial charge is 0.398 e. The van der Waals surface area contributed by atoms with Gasteiger partial charge in [-0.1, -0.05) is 15.9 Å². The van der Waals surface area contributed by atoms with Crippen molar-refractivity contribution in [2.24, 2.45) is 0 Å². The van der Waals surface area contributed by atoms with Crippen molar-refractivity contribution in [1.82, 2.24) is 9.62 Å². The molecule has 0 saturated heterocycles. The molecule has 0 amide bonds. The smallest absolute Gasteiger partial charge is 0.242 e. The number of nitrogens with one attached hydrogen (secondary N) is 1. The Bertz CT molecular complexity index is 488. The molecule has 96 valence electrons. The Balaban J connectivity index is 2.86. The number of anilines is 1. The van der Waals surface area contributed by atoms with E-state index >= 15 is 0 Å². The van der Waals surface area contributed by atoms with Crippen molar-refractivity contribution in [3.05, 3.63) is 22.7 Å². The molecular weight excluding hydrogens is 306 g/mol. The van der Waals surface area contributed by atoms with E-state index in [2.05, 4.69) is 20.7 Å². The Hall–Kier alpha value is -0.630. The maximum atomic E-state index is 12.0. The monoisotopic (exact) mass is 321 g/mol. The van der Waals surface area contributed by atoms with Gasteiger partial charge >= 0.3 is 0 Å². The van der Waals surface area contributed by atoms with E-state index in [1.54, 1.807) is 12.1 Å².